The van der Waals surface area contributed by atoms with Gasteiger partial charge < -0.3 is 10.1 Å². The number of aromatic nitrogens is 4. The smallest absolute Gasteiger partial charge is 0.265 e. The van der Waals surface area contributed by atoms with Gasteiger partial charge in [-0.15, -0.1) is 0 Å². The van der Waals surface area contributed by atoms with Crippen molar-refractivity contribution >= 4 is 26.7 Å². The summed E-state index contributed by atoms with van der Waals surface area (Å²) in [6, 6.07) is 5.30. The van der Waals surface area contributed by atoms with Gasteiger partial charge in [0.05, 0.1) is 11.4 Å². The van der Waals surface area contributed by atoms with Gasteiger partial charge in [0.25, 0.3) is 10.0 Å². The number of sulfonamides is 1. The SMILES string of the molecule is Cc1n[nH]c2nc(-c3ccc(NS(=O)(=O)c4cc(F)ccc4F)c(F)c3)nc(O[C@@H]3CCNC[C@@H]3F)c12. The topological polar surface area (TPSA) is 122 Å². The zero-order valence-electron chi connectivity index (χ0n) is 19.2. The number of hydrogen-bond donors (Lipinski definition) is 3. The Labute approximate surface area is 208 Å². The van der Waals surface area contributed by atoms with Crippen LogP contribution < -0.4 is 14.8 Å². The fourth-order valence-electron chi connectivity index (χ4n) is 3.95. The molecule has 9 nitrogen and oxygen atoms in total. The maximum Gasteiger partial charge on any atom is 0.265 e. The van der Waals surface area contributed by atoms with Gasteiger partial charge in [0, 0.05) is 12.1 Å². The first-order valence-corrected chi connectivity index (χ1v) is 12.6. The van der Waals surface area contributed by atoms with E-state index in [1.165, 1.54) is 6.07 Å². The second-order valence-corrected chi connectivity index (χ2v) is 10.1. The van der Waals surface area contributed by atoms with Crippen LogP contribution in [0, 0.1) is 24.4 Å². The molecule has 2 atom stereocenters. The van der Waals surface area contributed by atoms with E-state index in [0.717, 1.165) is 18.2 Å². The van der Waals surface area contributed by atoms with Gasteiger partial charge in [-0.05, 0) is 56.3 Å². The van der Waals surface area contributed by atoms with E-state index in [0.29, 0.717) is 36.2 Å². The number of rotatable bonds is 6. The molecule has 1 saturated heterocycles. The van der Waals surface area contributed by atoms with Gasteiger partial charge >= 0.3 is 0 Å². The summed E-state index contributed by atoms with van der Waals surface area (Å²) >= 11 is 0. The van der Waals surface area contributed by atoms with Crippen molar-refractivity contribution in [3.05, 3.63) is 59.5 Å². The van der Waals surface area contributed by atoms with E-state index in [4.69, 9.17) is 4.74 Å². The number of benzene rings is 2. The molecule has 0 amide bonds. The van der Waals surface area contributed by atoms with Crippen LogP contribution in [0.3, 0.4) is 0 Å². The quantitative estimate of drug-likeness (QED) is 0.322. The molecule has 0 aliphatic carbocycles. The third-order valence-corrected chi connectivity index (χ3v) is 7.21. The predicted molar refractivity (Wildman–Crippen MR) is 126 cm³/mol. The Morgan fingerprint density at radius 2 is 1.89 bits per heavy atom. The minimum absolute atomic E-state index is 0.0139. The fraction of sp³-hybridized carbons (Fsp3) is 0.261. The highest BCUT2D eigenvalue weighted by molar-refractivity contribution is 7.92. The van der Waals surface area contributed by atoms with Crippen LogP contribution in [0.25, 0.3) is 22.4 Å². The molecule has 5 rings (SSSR count). The van der Waals surface area contributed by atoms with Crippen LogP contribution in [0.4, 0.5) is 23.2 Å². The number of aryl methyl sites for hydroxylation is 1. The molecule has 2 aromatic carbocycles. The molecule has 0 radical (unpaired) electrons. The molecule has 0 saturated carbocycles. The summed E-state index contributed by atoms with van der Waals surface area (Å²) in [6.07, 6.45) is -1.60. The second kappa shape index (κ2) is 9.59. The number of anilines is 1. The summed E-state index contributed by atoms with van der Waals surface area (Å²) < 4.78 is 89.6. The first-order valence-electron chi connectivity index (χ1n) is 11.1. The van der Waals surface area contributed by atoms with Gasteiger partial charge in [0.1, 0.15) is 40.0 Å². The summed E-state index contributed by atoms with van der Waals surface area (Å²) in [5, 5.41) is 10.2. The van der Waals surface area contributed by atoms with Gasteiger partial charge in [-0.1, -0.05) is 0 Å². The number of aromatic amines is 1. The molecular formula is C23H20F4N6O3S. The number of fused-ring (bicyclic) bond motifs is 1. The molecule has 194 valence electrons. The first-order chi connectivity index (χ1) is 17.6. The van der Waals surface area contributed by atoms with E-state index in [1.54, 1.807) is 6.92 Å². The molecule has 1 aliphatic heterocycles. The Bertz CT molecular complexity index is 1600. The summed E-state index contributed by atoms with van der Waals surface area (Å²) in [5.74, 6) is -3.10. The molecule has 0 unspecified atom stereocenters. The highest BCUT2D eigenvalue weighted by atomic mass is 32.2. The van der Waals surface area contributed by atoms with E-state index in [9.17, 15) is 26.0 Å². The van der Waals surface area contributed by atoms with Crippen molar-refractivity contribution in [3.63, 3.8) is 0 Å². The van der Waals surface area contributed by atoms with Crippen molar-refractivity contribution in [1.82, 2.24) is 25.5 Å². The largest absolute Gasteiger partial charge is 0.471 e. The number of ether oxygens (including phenoxy) is 1. The second-order valence-electron chi connectivity index (χ2n) is 8.42. The number of nitrogens with zero attached hydrogens (tertiary/aromatic N) is 3. The Balaban J connectivity index is 1.48. The number of H-pyrrole nitrogens is 1. The van der Waals surface area contributed by atoms with Crippen LogP contribution in [0.1, 0.15) is 12.1 Å². The van der Waals surface area contributed by atoms with E-state index >= 15 is 0 Å². The lowest BCUT2D eigenvalue weighted by Gasteiger charge is -2.27. The normalized spacial score (nSPS) is 18.2. The minimum atomic E-state index is -4.63. The van der Waals surface area contributed by atoms with Crippen molar-refractivity contribution in [2.24, 2.45) is 0 Å². The Morgan fingerprint density at radius 3 is 2.65 bits per heavy atom. The van der Waals surface area contributed by atoms with Crippen LogP contribution in [-0.2, 0) is 10.0 Å². The lowest BCUT2D eigenvalue weighted by molar-refractivity contribution is 0.0707. The van der Waals surface area contributed by atoms with Gasteiger partial charge in [-0.25, -0.2) is 31.0 Å². The molecule has 0 bridgehead atoms. The number of piperidine rings is 1. The zero-order valence-corrected chi connectivity index (χ0v) is 20.0. The Morgan fingerprint density at radius 1 is 1.08 bits per heavy atom. The molecule has 3 heterocycles. The van der Waals surface area contributed by atoms with Crippen LogP contribution in [0.2, 0.25) is 0 Å². The standard InChI is InChI=1S/C23H20F4N6O3S/c1-11-20-22(32-31-11)29-21(30-23(20)36-18-6-7-28-10-16(18)27)12-2-5-17(15(26)8-12)33-37(34,35)19-9-13(24)3-4-14(19)25/h2-5,8-9,16,18,28,33H,6-7,10H2,1H3,(H,29,30,31,32)/t16-,18+/m0/s1. The Kier molecular flexibility index (Phi) is 6.45. The van der Waals surface area contributed by atoms with Gasteiger partial charge in [0.15, 0.2) is 11.5 Å². The molecule has 4 aromatic rings. The van der Waals surface area contributed by atoms with Crippen LogP contribution in [0.5, 0.6) is 5.88 Å². The number of hydrogen-bond acceptors (Lipinski definition) is 7. The van der Waals surface area contributed by atoms with Crippen LogP contribution >= 0.6 is 0 Å². The Hall–Kier alpha value is -3.78. The summed E-state index contributed by atoms with van der Waals surface area (Å²) in [7, 11) is -4.63. The van der Waals surface area contributed by atoms with Gasteiger partial charge in [-0.2, -0.15) is 10.1 Å². The molecule has 3 N–H and O–H groups in total. The van der Waals surface area contributed by atoms with Crippen molar-refractivity contribution in [2.75, 3.05) is 17.8 Å². The van der Waals surface area contributed by atoms with E-state index in [2.05, 4.69) is 25.5 Å². The third-order valence-electron chi connectivity index (χ3n) is 5.83. The average molecular weight is 537 g/mol. The first kappa shape index (κ1) is 24.9. The molecule has 1 fully saturated rings. The highest BCUT2D eigenvalue weighted by Crippen LogP contribution is 2.31. The van der Waals surface area contributed by atoms with Crippen molar-refractivity contribution in [3.8, 4) is 17.3 Å². The molecule has 1 aliphatic rings. The molecule has 0 spiro atoms. The van der Waals surface area contributed by atoms with Crippen molar-refractivity contribution < 1.29 is 30.7 Å². The maximum atomic E-state index is 14.9. The lowest BCUT2D eigenvalue weighted by atomic mass is 10.1. The summed E-state index contributed by atoms with van der Waals surface area (Å²) in [6.45, 7) is 2.41. The molecular weight excluding hydrogens is 516 g/mol. The lowest BCUT2D eigenvalue weighted by Crippen LogP contribution is -2.44. The number of nitrogens with one attached hydrogen (secondary N) is 3. The highest BCUT2D eigenvalue weighted by Gasteiger charge is 2.29. The van der Waals surface area contributed by atoms with Crippen LogP contribution in [-0.4, -0.2) is 53.9 Å². The monoisotopic (exact) mass is 536 g/mol. The number of halogens is 4. The average Bonchev–Trinajstić information content (AvgIpc) is 3.24. The molecule has 14 heteroatoms. The molecule has 2 aromatic heterocycles. The van der Waals surface area contributed by atoms with Gasteiger partial charge in [0.2, 0.25) is 5.88 Å². The molecule has 37 heavy (non-hydrogen) atoms. The zero-order chi connectivity index (χ0) is 26.3. The maximum absolute atomic E-state index is 14.9. The predicted octanol–water partition coefficient (Wildman–Crippen LogP) is 3.63. The summed E-state index contributed by atoms with van der Waals surface area (Å²) in [4.78, 5) is 7.74. The van der Waals surface area contributed by atoms with Crippen LogP contribution in [0.15, 0.2) is 41.3 Å². The van der Waals surface area contributed by atoms with Crippen molar-refractivity contribution in [2.45, 2.75) is 30.5 Å². The van der Waals surface area contributed by atoms with E-state index in [-0.39, 0.29) is 29.5 Å². The summed E-state index contributed by atoms with van der Waals surface area (Å²) in [5.41, 5.74) is 0.464. The van der Waals surface area contributed by atoms with Gasteiger partial charge in [-0.3, -0.25) is 9.82 Å². The van der Waals surface area contributed by atoms with Crippen molar-refractivity contribution in [1.29, 1.82) is 0 Å². The van der Waals surface area contributed by atoms with E-state index < -0.39 is 50.3 Å². The van der Waals surface area contributed by atoms with E-state index in [1.807, 2.05) is 4.72 Å². The fourth-order valence-corrected chi connectivity index (χ4v) is 5.10. The minimum Gasteiger partial charge on any atom is -0.471 e. The number of alkyl halides is 1. The third kappa shape index (κ3) is 4.93.